The van der Waals surface area contributed by atoms with Gasteiger partial charge in [-0.15, -0.1) is 0 Å². The minimum atomic E-state index is -6.01. The van der Waals surface area contributed by atoms with Crippen LogP contribution in [0.5, 0.6) is 11.5 Å². The van der Waals surface area contributed by atoms with Gasteiger partial charge in [-0.05, 0) is 61.7 Å². The number of ether oxygens (including phenoxy) is 1. The Morgan fingerprint density at radius 3 is 2.33 bits per heavy atom. The standard InChI is InChI=1S/C28H24Cl2F3N3O5S/c1-2-36-15-24(20-11-8-17(29)12-22(20)30)35-25(36)5-3-4-16-6-9-18(10-7-16)41-19-13-21(27(37)38)26(23(34)14-19)42(39,40)28(31,32)33/h6-15H,2-5,34H2,1H3,(H,37,38). The summed E-state index contributed by atoms with van der Waals surface area (Å²) in [4.78, 5) is 14.8. The van der Waals surface area contributed by atoms with Gasteiger partial charge in [0.1, 0.15) is 22.2 Å². The molecule has 0 saturated heterocycles. The molecule has 0 amide bonds. The lowest BCUT2D eigenvalue weighted by Gasteiger charge is -2.15. The van der Waals surface area contributed by atoms with Crippen molar-refractivity contribution in [1.29, 1.82) is 0 Å². The number of halogens is 5. The molecule has 3 aromatic carbocycles. The summed E-state index contributed by atoms with van der Waals surface area (Å²) in [5.74, 6) is -0.993. The van der Waals surface area contributed by atoms with Crippen LogP contribution in [0.3, 0.4) is 0 Å². The Morgan fingerprint density at radius 1 is 1.05 bits per heavy atom. The van der Waals surface area contributed by atoms with Crippen LogP contribution >= 0.6 is 23.2 Å². The summed E-state index contributed by atoms with van der Waals surface area (Å²) in [6.45, 7) is 2.75. The normalized spacial score (nSPS) is 12.0. The molecule has 4 aromatic rings. The molecule has 0 aliphatic heterocycles. The number of anilines is 1. The number of hydrogen-bond acceptors (Lipinski definition) is 6. The largest absolute Gasteiger partial charge is 0.502 e. The van der Waals surface area contributed by atoms with Crippen molar-refractivity contribution in [2.45, 2.75) is 43.1 Å². The lowest BCUT2D eigenvalue weighted by atomic mass is 10.1. The molecule has 1 aromatic heterocycles. The summed E-state index contributed by atoms with van der Waals surface area (Å²) in [5, 5.41) is 10.4. The maximum Gasteiger partial charge on any atom is 0.502 e. The van der Waals surface area contributed by atoms with Gasteiger partial charge in [-0.3, -0.25) is 0 Å². The predicted octanol–water partition coefficient (Wildman–Crippen LogP) is 7.42. The molecule has 0 aliphatic rings. The first-order valence-electron chi connectivity index (χ1n) is 12.5. The van der Waals surface area contributed by atoms with Gasteiger partial charge in [0.05, 0.1) is 22.0 Å². The highest BCUT2D eigenvalue weighted by Crippen LogP contribution is 2.38. The number of hydrogen-bond donors (Lipinski definition) is 2. The van der Waals surface area contributed by atoms with Gasteiger partial charge >= 0.3 is 11.5 Å². The Hall–Kier alpha value is -3.74. The van der Waals surface area contributed by atoms with Crippen LogP contribution in [-0.2, 0) is 29.2 Å². The van der Waals surface area contributed by atoms with Crippen LogP contribution in [-0.4, -0.2) is 34.6 Å². The molecular formula is C28H24Cl2F3N3O5S. The molecule has 0 saturated carbocycles. The van der Waals surface area contributed by atoms with Gasteiger partial charge in [-0.1, -0.05) is 35.3 Å². The number of aryl methyl sites for hydroxylation is 3. The van der Waals surface area contributed by atoms with Crippen LogP contribution in [0.2, 0.25) is 10.0 Å². The molecule has 222 valence electrons. The van der Waals surface area contributed by atoms with E-state index in [9.17, 15) is 31.5 Å². The third-order valence-electron chi connectivity index (χ3n) is 6.33. The minimum absolute atomic E-state index is 0.234. The van der Waals surface area contributed by atoms with Crippen LogP contribution in [0, 0.1) is 0 Å². The Morgan fingerprint density at radius 2 is 1.74 bits per heavy atom. The summed E-state index contributed by atoms with van der Waals surface area (Å²) in [6, 6.07) is 13.5. The number of aromatic nitrogens is 2. The molecule has 0 aliphatic carbocycles. The third-order valence-corrected chi connectivity index (χ3v) is 8.48. The second-order valence-electron chi connectivity index (χ2n) is 9.20. The summed E-state index contributed by atoms with van der Waals surface area (Å²) >= 11 is 12.4. The van der Waals surface area contributed by atoms with Gasteiger partial charge in [-0.2, -0.15) is 13.2 Å². The van der Waals surface area contributed by atoms with Crippen molar-refractivity contribution in [2.24, 2.45) is 0 Å². The molecule has 4 rings (SSSR count). The average molecular weight is 642 g/mol. The van der Waals surface area contributed by atoms with Crippen LogP contribution < -0.4 is 10.5 Å². The first-order chi connectivity index (χ1) is 19.7. The summed E-state index contributed by atoms with van der Waals surface area (Å²) in [6.07, 6.45) is 4.12. The van der Waals surface area contributed by atoms with E-state index in [1.165, 1.54) is 0 Å². The van der Waals surface area contributed by atoms with E-state index >= 15 is 0 Å². The van der Waals surface area contributed by atoms with E-state index < -0.39 is 37.5 Å². The van der Waals surface area contributed by atoms with E-state index in [0.717, 1.165) is 41.7 Å². The molecule has 8 nitrogen and oxygen atoms in total. The lowest BCUT2D eigenvalue weighted by molar-refractivity contribution is -0.0435. The second kappa shape index (κ2) is 12.2. The molecule has 0 unspecified atom stereocenters. The molecule has 14 heteroatoms. The molecule has 0 fully saturated rings. The molecule has 0 atom stereocenters. The minimum Gasteiger partial charge on any atom is -0.478 e. The van der Waals surface area contributed by atoms with E-state index in [0.29, 0.717) is 29.0 Å². The maximum atomic E-state index is 13.1. The highest BCUT2D eigenvalue weighted by atomic mass is 35.5. The zero-order chi connectivity index (χ0) is 30.8. The number of benzene rings is 3. The topological polar surface area (TPSA) is 125 Å². The number of carbonyl (C=O) groups is 1. The van der Waals surface area contributed by atoms with Crippen molar-refractivity contribution in [3.05, 3.63) is 87.8 Å². The quantitative estimate of drug-likeness (QED) is 0.173. The Bertz CT molecular complexity index is 1740. The van der Waals surface area contributed by atoms with Gasteiger partial charge in [0, 0.05) is 35.8 Å². The van der Waals surface area contributed by atoms with E-state index in [2.05, 4.69) is 4.57 Å². The molecule has 0 bridgehead atoms. The molecule has 0 radical (unpaired) electrons. The predicted molar refractivity (Wildman–Crippen MR) is 153 cm³/mol. The van der Waals surface area contributed by atoms with Crippen LogP contribution in [0.1, 0.15) is 35.1 Å². The van der Waals surface area contributed by atoms with Crippen molar-refractivity contribution >= 4 is 44.7 Å². The van der Waals surface area contributed by atoms with Crippen molar-refractivity contribution in [1.82, 2.24) is 9.55 Å². The van der Waals surface area contributed by atoms with Gasteiger partial charge in [0.2, 0.25) is 0 Å². The van der Waals surface area contributed by atoms with Gasteiger partial charge in [0.25, 0.3) is 9.84 Å². The number of nitrogen functional groups attached to an aromatic ring is 1. The van der Waals surface area contributed by atoms with Crippen molar-refractivity contribution in [2.75, 3.05) is 5.73 Å². The number of alkyl halides is 3. The van der Waals surface area contributed by atoms with Crippen molar-refractivity contribution in [3.63, 3.8) is 0 Å². The number of aromatic carboxylic acids is 1. The summed E-state index contributed by atoms with van der Waals surface area (Å²) in [7, 11) is -6.01. The molecule has 0 spiro atoms. The fraction of sp³-hybridized carbons (Fsp3) is 0.214. The van der Waals surface area contributed by atoms with Gasteiger partial charge in [-0.25, -0.2) is 18.2 Å². The first-order valence-corrected chi connectivity index (χ1v) is 14.7. The Labute approximate surface area is 249 Å². The summed E-state index contributed by atoms with van der Waals surface area (Å²) in [5.41, 5.74) is 0.290. The molecular weight excluding hydrogens is 618 g/mol. The second-order valence-corrected chi connectivity index (χ2v) is 11.9. The van der Waals surface area contributed by atoms with E-state index in [1.807, 2.05) is 19.2 Å². The number of carboxylic acid groups (broad SMARTS) is 1. The monoisotopic (exact) mass is 641 g/mol. The van der Waals surface area contributed by atoms with Gasteiger partial charge in [0.15, 0.2) is 0 Å². The highest BCUT2D eigenvalue weighted by molar-refractivity contribution is 7.92. The fourth-order valence-corrected chi connectivity index (χ4v) is 5.86. The fourth-order valence-electron chi connectivity index (χ4n) is 4.32. The Balaban J connectivity index is 1.44. The van der Waals surface area contributed by atoms with E-state index in [4.69, 9.17) is 38.7 Å². The Kier molecular flexibility index (Phi) is 9.09. The molecule has 3 N–H and O–H groups in total. The number of imidazole rings is 1. The maximum absolute atomic E-state index is 13.1. The smallest absolute Gasteiger partial charge is 0.478 e. The van der Waals surface area contributed by atoms with Crippen LogP contribution in [0.15, 0.2) is 65.7 Å². The third kappa shape index (κ3) is 6.66. The van der Waals surface area contributed by atoms with E-state index in [-0.39, 0.29) is 11.5 Å². The highest BCUT2D eigenvalue weighted by Gasteiger charge is 2.49. The molecule has 1 heterocycles. The van der Waals surface area contributed by atoms with Crippen LogP contribution in [0.25, 0.3) is 11.3 Å². The van der Waals surface area contributed by atoms with Gasteiger partial charge < -0.3 is 20.1 Å². The van der Waals surface area contributed by atoms with E-state index in [1.54, 1.807) is 36.4 Å². The zero-order valence-corrected chi connectivity index (χ0v) is 24.3. The number of rotatable bonds is 10. The number of carboxylic acids is 1. The lowest BCUT2D eigenvalue weighted by Crippen LogP contribution is -2.26. The van der Waals surface area contributed by atoms with Crippen molar-refractivity contribution in [3.8, 4) is 22.8 Å². The van der Waals surface area contributed by atoms with Crippen molar-refractivity contribution < 1.29 is 36.2 Å². The zero-order valence-electron chi connectivity index (χ0n) is 22.0. The first kappa shape index (κ1) is 31.2. The molecule has 42 heavy (non-hydrogen) atoms. The summed E-state index contributed by atoms with van der Waals surface area (Å²) < 4.78 is 70.6. The average Bonchev–Trinajstić information content (AvgIpc) is 3.31. The number of sulfone groups is 1. The number of nitrogens with zero attached hydrogens (tertiary/aromatic N) is 2. The van der Waals surface area contributed by atoms with Crippen LogP contribution in [0.4, 0.5) is 18.9 Å². The number of nitrogens with two attached hydrogens (primary N) is 1. The SMILES string of the molecule is CCn1cc(-c2ccc(Cl)cc2Cl)nc1CCCc1ccc(Oc2cc(N)c(S(=O)(=O)C(F)(F)F)c(C(=O)O)c2)cc1.